The van der Waals surface area contributed by atoms with Crippen LogP contribution in [-0.2, 0) is 9.59 Å². The van der Waals surface area contributed by atoms with Gasteiger partial charge in [-0.25, -0.2) is 9.59 Å². The standard InChI is InChI=1S/C26H32N2O6S2/c1-5-16(3)20(23(31)32)28-22(30)19-15-11-10-14-18(19)21(29)26(27,24(33)34)25(4,6-2)36-35-17-12-8-7-9-13-17/h7-16,20H,5-6,27H2,1-4H3,(H,28,30)(H,31,32)(H,33,34). The Morgan fingerprint density at radius 1 is 0.972 bits per heavy atom. The van der Waals surface area contributed by atoms with Gasteiger partial charge in [-0.15, -0.1) is 0 Å². The molecule has 0 aliphatic rings. The highest BCUT2D eigenvalue weighted by Crippen LogP contribution is 2.48. The lowest BCUT2D eigenvalue weighted by atomic mass is 9.76. The monoisotopic (exact) mass is 532 g/mol. The molecule has 4 unspecified atom stereocenters. The average Bonchev–Trinajstić information content (AvgIpc) is 2.88. The molecule has 1 amide bonds. The molecule has 0 heterocycles. The van der Waals surface area contributed by atoms with Crippen LogP contribution in [0.4, 0.5) is 0 Å². The molecule has 0 saturated carbocycles. The number of carboxylic acids is 2. The minimum absolute atomic E-state index is 0.132. The van der Waals surface area contributed by atoms with E-state index in [2.05, 4.69) is 5.32 Å². The van der Waals surface area contributed by atoms with Gasteiger partial charge in [-0.05, 0) is 37.5 Å². The van der Waals surface area contributed by atoms with Crippen LogP contribution in [0.1, 0.15) is 61.3 Å². The van der Waals surface area contributed by atoms with Crippen LogP contribution in [0.3, 0.4) is 0 Å². The maximum Gasteiger partial charge on any atom is 0.333 e. The minimum Gasteiger partial charge on any atom is -0.480 e. The van der Waals surface area contributed by atoms with E-state index >= 15 is 0 Å². The van der Waals surface area contributed by atoms with Crippen molar-refractivity contribution in [2.24, 2.45) is 11.7 Å². The van der Waals surface area contributed by atoms with E-state index in [9.17, 15) is 29.4 Å². The normalized spacial score (nSPS) is 16.1. The highest BCUT2D eigenvalue weighted by Gasteiger charge is 2.57. The van der Waals surface area contributed by atoms with Crippen molar-refractivity contribution in [1.29, 1.82) is 0 Å². The predicted molar refractivity (Wildman–Crippen MR) is 142 cm³/mol. The largest absolute Gasteiger partial charge is 0.480 e. The van der Waals surface area contributed by atoms with Crippen LogP contribution in [0.15, 0.2) is 59.5 Å². The summed E-state index contributed by atoms with van der Waals surface area (Å²) in [4.78, 5) is 52.1. The summed E-state index contributed by atoms with van der Waals surface area (Å²) in [5, 5.41) is 22.3. The second kappa shape index (κ2) is 12.4. The summed E-state index contributed by atoms with van der Waals surface area (Å²) in [5.74, 6) is -4.80. The number of ketones is 1. The molecule has 0 spiro atoms. The lowest BCUT2D eigenvalue weighted by Crippen LogP contribution is -2.67. The molecule has 4 atom stereocenters. The zero-order valence-electron chi connectivity index (χ0n) is 20.7. The first kappa shape index (κ1) is 29.4. The van der Waals surface area contributed by atoms with Crippen LogP contribution in [0.5, 0.6) is 0 Å². The molecule has 2 aromatic rings. The Labute approximate surface area is 218 Å². The molecule has 0 aliphatic heterocycles. The number of carboxylic acid groups (broad SMARTS) is 2. The molecule has 5 N–H and O–H groups in total. The number of Topliss-reactive ketones (excluding diaryl/α,β-unsaturated/α-hetero) is 1. The fraction of sp³-hybridized carbons (Fsp3) is 0.385. The zero-order valence-corrected chi connectivity index (χ0v) is 22.3. The number of hydrogen-bond donors (Lipinski definition) is 4. The number of nitrogens with one attached hydrogen (secondary N) is 1. The van der Waals surface area contributed by atoms with E-state index in [-0.39, 0.29) is 23.5 Å². The van der Waals surface area contributed by atoms with Gasteiger partial charge in [0.25, 0.3) is 5.91 Å². The van der Waals surface area contributed by atoms with E-state index in [1.165, 1.54) is 45.9 Å². The van der Waals surface area contributed by atoms with Gasteiger partial charge < -0.3 is 21.3 Å². The van der Waals surface area contributed by atoms with Gasteiger partial charge in [-0.3, -0.25) is 9.59 Å². The van der Waals surface area contributed by atoms with E-state index in [0.29, 0.717) is 6.42 Å². The Bertz CT molecular complexity index is 1110. The number of nitrogens with two attached hydrogens (primary N) is 1. The Morgan fingerprint density at radius 2 is 1.53 bits per heavy atom. The van der Waals surface area contributed by atoms with Crippen molar-refractivity contribution < 1.29 is 29.4 Å². The first-order chi connectivity index (χ1) is 16.9. The molecule has 8 nitrogen and oxygen atoms in total. The van der Waals surface area contributed by atoms with Crippen LogP contribution in [0.25, 0.3) is 0 Å². The summed E-state index contributed by atoms with van der Waals surface area (Å²) in [5.41, 5.74) is 3.75. The minimum atomic E-state index is -2.38. The van der Waals surface area contributed by atoms with Crippen molar-refractivity contribution in [3.8, 4) is 0 Å². The van der Waals surface area contributed by atoms with Gasteiger partial charge in [-0.2, -0.15) is 0 Å². The summed E-state index contributed by atoms with van der Waals surface area (Å²) in [6.07, 6.45) is 0.753. The lowest BCUT2D eigenvalue weighted by molar-refractivity contribution is -0.142. The summed E-state index contributed by atoms with van der Waals surface area (Å²) in [6.45, 7) is 6.86. The van der Waals surface area contributed by atoms with E-state index in [1.54, 1.807) is 27.7 Å². The first-order valence-corrected chi connectivity index (χ1v) is 13.7. The topological polar surface area (TPSA) is 147 Å². The zero-order chi connectivity index (χ0) is 27.1. The van der Waals surface area contributed by atoms with Crippen LogP contribution in [0.2, 0.25) is 0 Å². The van der Waals surface area contributed by atoms with Gasteiger partial charge >= 0.3 is 11.9 Å². The maximum absolute atomic E-state index is 13.8. The number of rotatable bonds is 13. The molecule has 0 bridgehead atoms. The van der Waals surface area contributed by atoms with Crippen LogP contribution < -0.4 is 11.1 Å². The van der Waals surface area contributed by atoms with Crippen molar-refractivity contribution >= 4 is 45.2 Å². The second-order valence-electron chi connectivity index (χ2n) is 8.73. The average molecular weight is 533 g/mol. The molecular formula is C26H32N2O6S2. The van der Waals surface area contributed by atoms with Crippen molar-refractivity contribution in [2.45, 2.75) is 61.8 Å². The Hall–Kier alpha value is -2.82. The Kier molecular flexibility index (Phi) is 10.2. The second-order valence-corrected chi connectivity index (χ2v) is 11.4. The number of carbonyl (C=O) groups is 4. The highest BCUT2D eigenvalue weighted by molar-refractivity contribution is 8.77. The van der Waals surface area contributed by atoms with Crippen LogP contribution >= 0.6 is 21.6 Å². The molecule has 0 aliphatic carbocycles. The highest BCUT2D eigenvalue weighted by atomic mass is 33.1. The quantitative estimate of drug-likeness (QED) is 0.166. The van der Waals surface area contributed by atoms with E-state index in [0.717, 1.165) is 4.90 Å². The lowest BCUT2D eigenvalue weighted by Gasteiger charge is -2.40. The number of carbonyl (C=O) groups excluding carboxylic acids is 2. The number of amides is 1. The molecule has 0 aromatic heterocycles. The third kappa shape index (κ3) is 6.11. The van der Waals surface area contributed by atoms with E-state index in [1.807, 2.05) is 30.3 Å². The van der Waals surface area contributed by atoms with Gasteiger partial charge in [0.15, 0.2) is 11.3 Å². The molecule has 2 aromatic carbocycles. The fourth-order valence-corrected chi connectivity index (χ4v) is 6.48. The summed E-state index contributed by atoms with van der Waals surface area (Å²) < 4.78 is -1.26. The SMILES string of the molecule is CCC(C)C(NC(=O)c1ccccc1C(=O)C(N)(C(=O)O)C(C)(CC)SSc1ccccc1)C(=O)O. The van der Waals surface area contributed by atoms with Crippen molar-refractivity contribution in [3.63, 3.8) is 0 Å². The van der Waals surface area contributed by atoms with Gasteiger partial charge in [0, 0.05) is 10.5 Å². The molecule has 2 rings (SSSR count). The summed E-state index contributed by atoms with van der Waals surface area (Å²) in [7, 11) is 2.50. The predicted octanol–water partition coefficient (Wildman–Crippen LogP) is 4.49. The van der Waals surface area contributed by atoms with Crippen LogP contribution in [0, 0.1) is 5.92 Å². The van der Waals surface area contributed by atoms with Crippen molar-refractivity contribution in [3.05, 3.63) is 65.7 Å². The third-order valence-electron chi connectivity index (χ3n) is 6.45. The van der Waals surface area contributed by atoms with Gasteiger partial charge in [0.2, 0.25) is 0 Å². The first-order valence-electron chi connectivity index (χ1n) is 11.5. The smallest absolute Gasteiger partial charge is 0.333 e. The van der Waals surface area contributed by atoms with E-state index in [4.69, 9.17) is 5.73 Å². The molecule has 0 radical (unpaired) electrons. The van der Waals surface area contributed by atoms with Gasteiger partial charge in [0.1, 0.15) is 6.04 Å². The molecule has 10 heteroatoms. The third-order valence-corrected chi connectivity index (χ3v) is 9.91. The molecular weight excluding hydrogens is 500 g/mol. The molecule has 36 heavy (non-hydrogen) atoms. The molecule has 194 valence electrons. The number of hydrogen-bond acceptors (Lipinski definition) is 7. The number of benzene rings is 2. The maximum atomic E-state index is 13.8. The summed E-state index contributed by atoms with van der Waals surface area (Å²) >= 11 is 0. The Balaban J connectivity index is 2.48. The van der Waals surface area contributed by atoms with Crippen molar-refractivity contribution in [1.82, 2.24) is 5.32 Å². The van der Waals surface area contributed by atoms with Crippen LogP contribution in [-0.4, -0.2) is 50.2 Å². The van der Waals surface area contributed by atoms with Gasteiger partial charge in [-0.1, -0.05) is 85.2 Å². The molecule has 0 saturated heterocycles. The van der Waals surface area contributed by atoms with E-state index < -0.39 is 40.0 Å². The van der Waals surface area contributed by atoms with Crippen molar-refractivity contribution in [2.75, 3.05) is 0 Å². The molecule has 0 fully saturated rings. The fourth-order valence-electron chi connectivity index (χ4n) is 3.58. The Morgan fingerprint density at radius 3 is 2.03 bits per heavy atom. The van der Waals surface area contributed by atoms with Gasteiger partial charge in [0.05, 0.1) is 10.3 Å². The summed E-state index contributed by atoms with van der Waals surface area (Å²) in [6, 6.07) is 13.8. The number of aliphatic carboxylic acids is 2.